The lowest BCUT2D eigenvalue weighted by molar-refractivity contribution is -0.185. The van der Waals surface area contributed by atoms with Crippen molar-refractivity contribution in [2.75, 3.05) is 0 Å². The summed E-state index contributed by atoms with van der Waals surface area (Å²) in [6.45, 7) is 13.6. The Morgan fingerprint density at radius 3 is 2.41 bits per heavy atom. The highest BCUT2D eigenvalue weighted by atomic mass is 16.4. The molecule has 7 nitrogen and oxygen atoms in total. The van der Waals surface area contributed by atoms with Crippen molar-refractivity contribution in [2.45, 2.75) is 104 Å². The summed E-state index contributed by atoms with van der Waals surface area (Å²) < 4.78 is 0. The van der Waals surface area contributed by atoms with E-state index in [0.29, 0.717) is 32.1 Å². The van der Waals surface area contributed by atoms with Crippen LogP contribution in [0.2, 0.25) is 0 Å². The number of carboxylic acid groups (broad SMARTS) is 2. The third kappa shape index (κ3) is 3.79. The van der Waals surface area contributed by atoms with Crippen molar-refractivity contribution in [2.24, 2.45) is 33.5 Å². The van der Waals surface area contributed by atoms with Crippen LogP contribution in [0.4, 0.5) is 0 Å². The predicted octanol–water partition coefficient (Wildman–Crippen LogP) is 4.47. The standard InChI is InChI=1S/C30H44O7/c1-17(2)19-14-20(31)24-28(6)22(32)15-21(27(5,37)10-7-8-18(3)25(35)36)26(28,4)12-13-30(24)16-29(19,30)11-9-23(33)34/h8,15,19-20,22,24,31-32,37H,1,7,9-14,16H2,2-6H3,(H,33,34)(H,35,36)/b18-8-/t19-,20-,22-,24-,26+,27-,28-,29+,30-/m0/s1. The molecule has 4 aliphatic carbocycles. The van der Waals surface area contributed by atoms with Crippen LogP contribution in [0.25, 0.3) is 0 Å². The molecule has 0 unspecified atom stereocenters. The zero-order valence-corrected chi connectivity index (χ0v) is 22.9. The minimum Gasteiger partial charge on any atom is -0.481 e. The van der Waals surface area contributed by atoms with E-state index >= 15 is 0 Å². The number of fused-ring (bicyclic) bond motifs is 2. The number of aliphatic hydroxyl groups excluding tert-OH is 2. The van der Waals surface area contributed by atoms with Gasteiger partial charge in [-0.1, -0.05) is 38.2 Å². The third-order valence-corrected chi connectivity index (χ3v) is 11.4. The van der Waals surface area contributed by atoms with Crippen molar-refractivity contribution in [3.05, 3.63) is 35.5 Å². The first-order valence-corrected chi connectivity index (χ1v) is 13.6. The van der Waals surface area contributed by atoms with Crippen LogP contribution in [-0.2, 0) is 9.59 Å². The van der Waals surface area contributed by atoms with Crippen LogP contribution in [-0.4, -0.2) is 55.3 Å². The molecule has 4 rings (SSSR count). The van der Waals surface area contributed by atoms with Crippen LogP contribution in [0.1, 0.15) is 86.0 Å². The molecule has 0 aliphatic heterocycles. The SMILES string of the molecule is C=C(C)[C@@H]1C[C@H](O)[C@@H]2[C@]3(CC[C@]4(C)C([C@@](C)(O)CC/C=C(/C)C(=O)O)=C[C@H](O)[C@@]24C)C[C@]13CCC(=O)O. The number of carbonyl (C=O) groups is 2. The van der Waals surface area contributed by atoms with Crippen molar-refractivity contribution < 1.29 is 35.1 Å². The summed E-state index contributed by atoms with van der Waals surface area (Å²) in [5.41, 5.74) is -1.09. The second-order valence-corrected chi connectivity index (χ2v) is 13.2. The average molecular weight is 517 g/mol. The highest BCUT2D eigenvalue weighted by Crippen LogP contribution is 2.86. The van der Waals surface area contributed by atoms with Gasteiger partial charge >= 0.3 is 11.9 Å². The first-order chi connectivity index (χ1) is 17.0. The zero-order chi connectivity index (χ0) is 27.8. The van der Waals surface area contributed by atoms with Crippen molar-refractivity contribution in [3.8, 4) is 0 Å². The average Bonchev–Trinajstić information content (AvgIpc) is 3.40. The predicted molar refractivity (Wildman–Crippen MR) is 140 cm³/mol. The van der Waals surface area contributed by atoms with E-state index in [1.807, 2.05) is 13.8 Å². The summed E-state index contributed by atoms with van der Waals surface area (Å²) in [6.07, 6.45) is 6.03. The molecule has 0 aromatic rings. The maximum Gasteiger partial charge on any atom is 0.330 e. The van der Waals surface area contributed by atoms with Gasteiger partial charge in [0.15, 0.2) is 0 Å². The molecule has 9 atom stereocenters. The molecule has 0 radical (unpaired) electrons. The van der Waals surface area contributed by atoms with Gasteiger partial charge in [-0.3, -0.25) is 4.79 Å². The number of aliphatic carboxylic acids is 2. The Balaban J connectivity index is 1.70. The van der Waals surface area contributed by atoms with Crippen LogP contribution >= 0.6 is 0 Å². The van der Waals surface area contributed by atoms with Gasteiger partial charge in [-0.15, -0.1) is 0 Å². The summed E-state index contributed by atoms with van der Waals surface area (Å²) in [6, 6.07) is 0. The Labute approximate surface area is 220 Å². The molecule has 206 valence electrons. The lowest BCUT2D eigenvalue weighted by Gasteiger charge is -2.62. The molecule has 0 aromatic heterocycles. The number of carboxylic acids is 2. The zero-order valence-electron chi connectivity index (χ0n) is 22.9. The van der Waals surface area contributed by atoms with Crippen molar-refractivity contribution in [1.29, 1.82) is 0 Å². The smallest absolute Gasteiger partial charge is 0.330 e. The van der Waals surface area contributed by atoms with E-state index in [9.17, 15) is 30.0 Å². The molecule has 0 amide bonds. The second-order valence-electron chi connectivity index (χ2n) is 13.2. The fourth-order valence-corrected chi connectivity index (χ4v) is 9.46. The molecule has 0 aromatic carbocycles. The monoisotopic (exact) mass is 516 g/mol. The molecular weight excluding hydrogens is 472 g/mol. The molecule has 1 spiro atoms. The first kappa shape index (κ1) is 28.1. The maximum atomic E-state index is 11.7. The van der Waals surface area contributed by atoms with Crippen LogP contribution in [0.5, 0.6) is 0 Å². The Morgan fingerprint density at radius 1 is 1.19 bits per heavy atom. The summed E-state index contributed by atoms with van der Waals surface area (Å²) in [5, 5.41) is 53.6. The number of rotatable bonds is 9. The summed E-state index contributed by atoms with van der Waals surface area (Å²) in [4.78, 5) is 22.8. The Hall–Kier alpha value is -1.96. The molecule has 0 bridgehead atoms. The van der Waals surface area contributed by atoms with Gasteiger partial charge in [0.05, 0.1) is 17.8 Å². The molecule has 0 saturated heterocycles. The highest BCUT2D eigenvalue weighted by molar-refractivity contribution is 5.85. The van der Waals surface area contributed by atoms with Gasteiger partial charge < -0.3 is 25.5 Å². The summed E-state index contributed by atoms with van der Waals surface area (Å²) in [5.74, 6) is -2.00. The minimum absolute atomic E-state index is 0.0457. The number of aliphatic hydroxyl groups is 3. The molecule has 3 fully saturated rings. The molecular formula is C30H44O7. The quantitative estimate of drug-likeness (QED) is 0.225. The summed E-state index contributed by atoms with van der Waals surface area (Å²) in [7, 11) is 0. The van der Waals surface area contributed by atoms with Gasteiger partial charge in [0.25, 0.3) is 0 Å². The summed E-state index contributed by atoms with van der Waals surface area (Å²) >= 11 is 0. The third-order valence-electron chi connectivity index (χ3n) is 11.4. The van der Waals surface area contributed by atoms with Crippen molar-refractivity contribution >= 4 is 11.9 Å². The molecule has 37 heavy (non-hydrogen) atoms. The highest BCUT2D eigenvalue weighted by Gasteiger charge is 2.82. The fraction of sp³-hybridized carbons (Fsp3) is 0.733. The molecule has 3 saturated carbocycles. The van der Waals surface area contributed by atoms with Crippen molar-refractivity contribution in [3.63, 3.8) is 0 Å². The Morgan fingerprint density at radius 2 is 1.84 bits per heavy atom. The van der Waals surface area contributed by atoms with Gasteiger partial charge in [0, 0.05) is 23.3 Å². The van der Waals surface area contributed by atoms with Crippen LogP contribution < -0.4 is 0 Å². The Bertz CT molecular complexity index is 1070. The lowest BCUT2D eigenvalue weighted by atomic mass is 9.42. The van der Waals surface area contributed by atoms with Gasteiger partial charge in [-0.05, 0) is 93.5 Å². The first-order valence-electron chi connectivity index (χ1n) is 13.6. The number of hydrogen-bond acceptors (Lipinski definition) is 5. The topological polar surface area (TPSA) is 135 Å². The van der Waals surface area contributed by atoms with Crippen LogP contribution in [0.3, 0.4) is 0 Å². The fourth-order valence-electron chi connectivity index (χ4n) is 9.46. The van der Waals surface area contributed by atoms with E-state index in [-0.39, 0.29) is 34.7 Å². The molecule has 5 N–H and O–H groups in total. The van der Waals surface area contributed by atoms with E-state index in [4.69, 9.17) is 5.11 Å². The van der Waals surface area contributed by atoms with Crippen LogP contribution in [0.15, 0.2) is 35.5 Å². The van der Waals surface area contributed by atoms with E-state index in [2.05, 4.69) is 13.5 Å². The lowest BCUT2D eigenvalue weighted by Crippen LogP contribution is -2.62. The minimum atomic E-state index is -1.25. The van der Waals surface area contributed by atoms with Gasteiger partial charge in [-0.2, -0.15) is 0 Å². The molecule has 0 heterocycles. The Kier molecular flexibility index (Phi) is 6.66. The van der Waals surface area contributed by atoms with E-state index in [1.54, 1.807) is 19.1 Å². The molecule has 4 aliphatic rings. The van der Waals surface area contributed by atoms with E-state index in [1.165, 1.54) is 6.92 Å². The normalized spacial score (nSPS) is 44.1. The number of hydrogen-bond donors (Lipinski definition) is 5. The van der Waals surface area contributed by atoms with E-state index in [0.717, 1.165) is 24.0 Å². The van der Waals surface area contributed by atoms with Gasteiger partial charge in [0.2, 0.25) is 0 Å². The van der Waals surface area contributed by atoms with Gasteiger partial charge in [0.1, 0.15) is 0 Å². The van der Waals surface area contributed by atoms with Gasteiger partial charge in [-0.25, -0.2) is 4.79 Å². The largest absolute Gasteiger partial charge is 0.481 e. The second kappa shape index (κ2) is 8.78. The van der Waals surface area contributed by atoms with Crippen LogP contribution in [0, 0.1) is 33.5 Å². The number of allylic oxidation sites excluding steroid dienone is 2. The molecule has 7 heteroatoms. The van der Waals surface area contributed by atoms with Crippen molar-refractivity contribution in [1.82, 2.24) is 0 Å². The maximum absolute atomic E-state index is 11.7. The van der Waals surface area contributed by atoms with E-state index < -0.39 is 40.6 Å².